The second-order valence-electron chi connectivity index (χ2n) is 2.30. The first-order valence-electron chi connectivity index (χ1n) is 3.42. The molecule has 0 aliphatic rings. The Balaban J connectivity index is 2.71. The molecule has 0 spiro atoms. The summed E-state index contributed by atoms with van der Waals surface area (Å²) in [5.41, 5.74) is 0.332. The lowest BCUT2D eigenvalue weighted by Crippen LogP contribution is -2.04. The van der Waals surface area contributed by atoms with Crippen molar-refractivity contribution in [2.45, 2.75) is 19.0 Å². The summed E-state index contributed by atoms with van der Waals surface area (Å²) >= 11 is 0.561. The Labute approximate surface area is 76.6 Å². The number of nitriles is 1. The van der Waals surface area contributed by atoms with E-state index < -0.39 is 11.2 Å². The molecular formula is C7H5F3N2S. The second-order valence-corrected chi connectivity index (χ2v) is 3.16. The summed E-state index contributed by atoms with van der Waals surface area (Å²) in [6.07, 6.45) is -3.89. The number of rotatable bonds is 2. The van der Waals surface area contributed by atoms with Gasteiger partial charge in [-0.2, -0.15) is 18.4 Å². The van der Waals surface area contributed by atoms with Crippen LogP contribution in [0.25, 0.3) is 0 Å². The molecule has 0 saturated carbocycles. The molecule has 0 radical (unpaired) electrons. The van der Waals surface area contributed by atoms with Crippen LogP contribution in [-0.2, 0) is 12.6 Å². The molecular weight excluding hydrogens is 201 g/mol. The van der Waals surface area contributed by atoms with E-state index in [-0.39, 0.29) is 12.8 Å². The molecule has 0 saturated heterocycles. The molecule has 1 aromatic rings. The standard InChI is InChI=1S/C7H5F3N2S/c8-7(9,10)6-12-5(4-13-6)2-1-3-11/h4H,1-2H2. The zero-order valence-electron chi connectivity index (χ0n) is 6.43. The highest BCUT2D eigenvalue weighted by Gasteiger charge is 2.34. The van der Waals surface area contributed by atoms with Crippen LogP contribution in [-0.4, -0.2) is 4.98 Å². The molecule has 6 heteroatoms. The minimum absolute atomic E-state index is 0.195. The summed E-state index contributed by atoms with van der Waals surface area (Å²) in [6.45, 7) is 0. The van der Waals surface area contributed by atoms with Crippen LogP contribution in [0.5, 0.6) is 0 Å². The largest absolute Gasteiger partial charge is 0.443 e. The summed E-state index contributed by atoms with van der Waals surface area (Å²) in [5.74, 6) is 0. The predicted octanol–water partition coefficient (Wildman–Crippen LogP) is 2.62. The van der Waals surface area contributed by atoms with E-state index in [0.717, 1.165) is 0 Å². The smallest absolute Gasteiger partial charge is 0.237 e. The predicted molar refractivity (Wildman–Crippen MR) is 41.1 cm³/mol. The normalized spacial score (nSPS) is 11.2. The number of alkyl halides is 3. The van der Waals surface area contributed by atoms with Crippen molar-refractivity contribution in [2.75, 3.05) is 0 Å². The number of thiazole rings is 1. The van der Waals surface area contributed by atoms with E-state index in [1.165, 1.54) is 5.38 Å². The SMILES string of the molecule is N#CCCc1csc(C(F)(F)F)n1. The first-order valence-corrected chi connectivity index (χ1v) is 4.30. The number of hydrogen-bond donors (Lipinski definition) is 0. The molecule has 0 N–H and O–H groups in total. The minimum Gasteiger partial charge on any atom is -0.237 e. The molecule has 0 aliphatic heterocycles. The van der Waals surface area contributed by atoms with Gasteiger partial charge in [0.2, 0.25) is 0 Å². The van der Waals surface area contributed by atoms with Gasteiger partial charge >= 0.3 is 6.18 Å². The molecule has 0 aromatic carbocycles. The quantitative estimate of drug-likeness (QED) is 0.745. The average molecular weight is 206 g/mol. The maximum absolute atomic E-state index is 12.0. The highest BCUT2D eigenvalue weighted by atomic mass is 32.1. The molecule has 0 bridgehead atoms. The van der Waals surface area contributed by atoms with Gasteiger partial charge in [-0.05, 0) is 0 Å². The van der Waals surface area contributed by atoms with Crippen molar-refractivity contribution in [1.29, 1.82) is 5.26 Å². The van der Waals surface area contributed by atoms with Gasteiger partial charge in [0.25, 0.3) is 0 Å². The molecule has 1 rings (SSSR count). The number of hydrogen-bond acceptors (Lipinski definition) is 3. The van der Waals surface area contributed by atoms with Crippen LogP contribution in [0.1, 0.15) is 17.1 Å². The van der Waals surface area contributed by atoms with Crippen LogP contribution in [0, 0.1) is 11.3 Å². The average Bonchev–Trinajstić information content (AvgIpc) is 2.47. The van der Waals surface area contributed by atoms with E-state index in [1.54, 1.807) is 0 Å². The van der Waals surface area contributed by atoms with E-state index in [2.05, 4.69) is 4.98 Å². The summed E-state index contributed by atoms with van der Waals surface area (Å²) in [4.78, 5) is 3.36. The summed E-state index contributed by atoms with van der Waals surface area (Å²) in [7, 11) is 0. The molecule has 2 nitrogen and oxygen atoms in total. The van der Waals surface area contributed by atoms with Gasteiger partial charge in [0.15, 0.2) is 5.01 Å². The van der Waals surface area contributed by atoms with Gasteiger partial charge in [0.1, 0.15) is 0 Å². The van der Waals surface area contributed by atoms with Crippen molar-refractivity contribution in [3.63, 3.8) is 0 Å². The maximum Gasteiger partial charge on any atom is 0.443 e. The van der Waals surface area contributed by atoms with Gasteiger partial charge in [-0.3, -0.25) is 0 Å². The molecule has 0 aliphatic carbocycles. The minimum atomic E-state index is -4.37. The van der Waals surface area contributed by atoms with Crippen molar-refractivity contribution in [2.24, 2.45) is 0 Å². The van der Waals surface area contributed by atoms with Crippen molar-refractivity contribution in [3.8, 4) is 6.07 Å². The third-order valence-electron chi connectivity index (χ3n) is 1.29. The van der Waals surface area contributed by atoms with Gasteiger partial charge in [-0.1, -0.05) is 0 Å². The van der Waals surface area contributed by atoms with E-state index in [9.17, 15) is 13.2 Å². The van der Waals surface area contributed by atoms with E-state index in [4.69, 9.17) is 5.26 Å². The summed E-state index contributed by atoms with van der Waals surface area (Å²) in [6, 6.07) is 1.85. The lowest BCUT2D eigenvalue weighted by molar-refractivity contribution is -0.137. The lowest BCUT2D eigenvalue weighted by atomic mass is 10.3. The Bertz CT molecular complexity index is 323. The fraction of sp³-hybridized carbons (Fsp3) is 0.429. The van der Waals surface area contributed by atoms with Crippen LogP contribution >= 0.6 is 11.3 Å². The first kappa shape index (κ1) is 9.99. The van der Waals surface area contributed by atoms with Crippen molar-refractivity contribution in [3.05, 3.63) is 16.1 Å². The monoisotopic (exact) mass is 206 g/mol. The van der Waals surface area contributed by atoms with Crippen molar-refractivity contribution in [1.82, 2.24) is 4.98 Å². The lowest BCUT2D eigenvalue weighted by Gasteiger charge is -1.98. The van der Waals surface area contributed by atoms with Crippen molar-refractivity contribution >= 4 is 11.3 Å². The van der Waals surface area contributed by atoms with E-state index in [0.29, 0.717) is 17.0 Å². The Morgan fingerprint density at radius 3 is 2.69 bits per heavy atom. The number of aromatic nitrogens is 1. The molecule has 0 atom stereocenters. The topological polar surface area (TPSA) is 36.7 Å². The molecule has 13 heavy (non-hydrogen) atoms. The highest BCUT2D eigenvalue weighted by molar-refractivity contribution is 7.09. The van der Waals surface area contributed by atoms with Gasteiger partial charge < -0.3 is 0 Å². The zero-order chi connectivity index (χ0) is 9.90. The molecule has 0 amide bonds. The Hall–Kier alpha value is -1.09. The van der Waals surface area contributed by atoms with Gasteiger partial charge in [0.05, 0.1) is 11.8 Å². The molecule has 1 aromatic heterocycles. The highest BCUT2D eigenvalue weighted by Crippen LogP contribution is 2.31. The van der Waals surface area contributed by atoms with Gasteiger partial charge in [0, 0.05) is 18.2 Å². The summed E-state index contributed by atoms with van der Waals surface area (Å²) in [5, 5.41) is 8.68. The second kappa shape index (κ2) is 3.75. The Morgan fingerprint density at radius 1 is 1.54 bits per heavy atom. The van der Waals surface area contributed by atoms with Crippen LogP contribution in [0.3, 0.4) is 0 Å². The van der Waals surface area contributed by atoms with E-state index >= 15 is 0 Å². The third kappa shape index (κ3) is 2.70. The van der Waals surface area contributed by atoms with Crippen molar-refractivity contribution < 1.29 is 13.2 Å². The van der Waals surface area contributed by atoms with Crippen LogP contribution in [0.4, 0.5) is 13.2 Å². The van der Waals surface area contributed by atoms with Gasteiger partial charge in [-0.25, -0.2) is 4.98 Å². The fourth-order valence-electron chi connectivity index (χ4n) is 0.736. The Morgan fingerprint density at radius 2 is 2.23 bits per heavy atom. The summed E-state index contributed by atoms with van der Waals surface area (Å²) < 4.78 is 36.0. The molecule has 70 valence electrons. The third-order valence-corrected chi connectivity index (χ3v) is 2.22. The number of nitrogens with zero attached hydrogens (tertiary/aromatic N) is 2. The number of halogens is 3. The number of aryl methyl sites for hydroxylation is 1. The molecule has 0 unspecified atom stereocenters. The fourth-order valence-corrected chi connectivity index (χ4v) is 1.46. The Kier molecular flexibility index (Phi) is 2.88. The molecule has 0 fully saturated rings. The zero-order valence-corrected chi connectivity index (χ0v) is 7.24. The van der Waals surface area contributed by atoms with Gasteiger partial charge in [-0.15, -0.1) is 11.3 Å². The van der Waals surface area contributed by atoms with Crippen LogP contribution < -0.4 is 0 Å². The van der Waals surface area contributed by atoms with E-state index in [1.807, 2.05) is 6.07 Å². The van der Waals surface area contributed by atoms with Crippen LogP contribution in [0.2, 0.25) is 0 Å². The molecule has 1 heterocycles. The first-order chi connectivity index (χ1) is 6.04. The maximum atomic E-state index is 12.0. The van der Waals surface area contributed by atoms with Crippen LogP contribution in [0.15, 0.2) is 5.38 Å².